The number of nitrogens with zero attached hydrogens (tertiary/aromatic N) is 4. The van der Waals surface area contributed by atoms with Gasteiger partial charge in [0.15, 0.2) is 0 Å². The molecule has 1 amide bonds. The molecule has 6 rings (SSSR count). The summed E-state index contributed by atoms with van der Waals surface area (Å²) in [5.74, 6) is 0.304. The van der Waals surface area contributed by atoms with E-state index in [0.717, 1.165) is 58.9 Å². The monoisotopic (exact) mass is 608 g/mol. The number of carbonyl (C=O) groups excluding carboxylic acids is 1. The van der Waals surface area contributed by atoms with Crippen molar-refractivity contribution >= 4 is 45.6 Å². The minimum Gasteiger partial charge on any atom is -0.491 e. The maximum absolute atomic E-state index is 13.7. The Bertz CT molecular complexity index is 1470. The second kappa shape index (κ2) is 13.5. The molecule has 11 heteroatoms. The van der Waals surface area contributed by atoms with Gasteiger partial charge in [-0.25, -0.2) is 14.4 Å². The third-order valence-electron chi connectivity index (χ3n) is 8.57. The van der Waals surface area contributed by atoms with Crippen LogP contribution in [-0.4, -0.2) is 84.8 Å². The van der Waals surface area contributed by atoms with Crippen LogP contribution in [0.25, 0.3) is 10.9 Å². The van der Waals surface area contributed by atoms with Gasteiger partial charge in [-0.3, -0.25) is 14.6 Å². The Hall–Kier alpha value is -3.31. The van der Waals surface area contributed by atoms with Gasteiger partial charge >= 0.3 is 0 Å². The molecule has 228 valence electrons. The van der Waals surface area contributed by atoms with Crippen LogP contribution in [0.5, 0.6) is 5.75 Å². The highest BCUT2D eigenvalue weighted by molar-refractivity contribution is 6.31. The average Bonchev–Trinajstić information content (AvgIpc) is 3.48. The van der Waals surface area contributed by atoms with Gasteiger partial charge in [-0.15, -0.1) is 0 Å². The maximum Gasteiger partial charge on any atom is 0.248 e. The number of benzene rings is 2. The van der Waals surface area contributed by atoms with Gasteiger partial charge in [0, 0.05) is 62.5 Å². The summed E-state index contributed by atoms with van der Waals surface area (Å²) in [5, 5.41) is 6.88. The smallest absolute Gasteiger partial charge is 0.248 e. The van der Waals surface area contributed by atoms with Crippen molar-refractivity contribution in [2.75, 3.05) is 69.7 Å². The van der Waals surface area contributed by atoms with Gasteiger partial charge in [0.2, 0.25) is 5.91 Å². The number of fused-ring (bicyclic) bond motifs is 1. The van der Waals surface area contributed by atoms with Gasteiger partial charge in [-0.05, 0) is 48.9 Å². The minimum absolute atomic E-state index is 0.00695. The predicted molar refractivity (Wildman–Crippen MR) is 167 cm³/mol. The average molecular weight is 609 g/mol. The normalized spacial score (nSPS) is 18.7. The van der Waals surface area contributed by atoms with Gasteiger partial charge < -0.3 is 20.1 Å². The largest absolute Gasteiger partial charge is 0.491 e. The molecule has 2 N–H and O–H groups in total. The SMILES string of the molecule is O=C(/C=C/CN1CC2(CCCC2)C1)Nc1cc2c(Nc3ccc(F)c(Cl)c3)ncnc2cc1OCCCN1CCOCC1. The van der Waals surface area contributed by atoms with Crippen molar-refractivity contribution in [3.05, 3.63) is 59.7 Å². The second-order valence-electron chi connectivity index (χ2n) is 11.8. The van der Waals surface area contributed by atoms with E-state index in [0.29, 0.717) is 45.9 Å². The van der Waals surface area contributed by atoms with Crippen molar-refractivity contribution in [3.63, 3.8) is 0 Å². The molecular weight excluding hydrogens is 571 g/mol. The van der Waals surface area contributed by atoms with E-state index in [4.69, 9.17) is 21.1 Å². The van der Waals surface area contributed by atoms with Crippen LogP contribution in [-0.2, 0) is 9.53 Å². The van der Waals surface area contributed by atoms with Crippen LogP contribution in [0.4, 0.5) is 21.6 Å². The zero-order chi connectivity index (χ0) is 29.6. The number of ether oxygens (including phenoxy) is 2. The lowest BCUT2D eigenvalue weighted by Crippen LogP contribution is -2.54. The van der Waals surface area contributed by atoms with E-state index in [1.807, 2.05) is 18.2 Å². The third kappa shape index (κ3) is 7.44. The fraction of sp³-hybridized carbons (Fsp3) is 0.469. The zero-order valence-electron chi connectivity index (χ0n) is 24.3. The number of aromatic nitrogens is 2. The maximum atomic E-state index is 13.7. The highest BCUT2D eigenvalue weighted by Gasteiger charge is 2.43. The van der Waals surface area contributed by atoms with Crippen molar-refractivity contribution in [2.45, 2.75) is 32.1 Å². The number of carbonyl (C=O) groups is 1. The van der Waals surface area contributed by atoms with Crippen LogP contribution in [0.3, 0.4) is 0 Å². The van der Waals surface area contributed by atoms with Crippen LogP contribution in [0, 0.1) is 11.2 Å². The minimum atomic E-state index is -0.500. The molecule has 2 aliphatic heterocycles. The fourth-order valence-corrected chi connectivity index (χ4v) is 6.54. The van der Waals surface area contributed by atoms with E-state index in [9.17, 15) is 9.18 Å². The van der Waals surface area contributed by atoms with E-state index in [1.165, 1.54) is 44.1 Å². The van der Waals surface area contributed by atoms with Gasteiger partial charge in [-0.2, -0.15) is 0 Å². The lowest BCUT2D eigenvalue weighted by Gasteiger charge is -2.48. The van der Waals surface area contributed by atoms with Gasteiger partial charge in [0.25, 0.3) is 0 Å². The molecule has 1 saturated carbocycles. The first-order valence-corrected chi connectivity index (χ1v) is 15.5. The zero-order valence-corrected chi connectivity index (χ0v) is 25.0. The lowest BCUT2D eigenvalue weighted by atomic mass is 9.78. The number of likely N-dealkylation sites (tertiary alicyclic amines) is 1. The highest BCUT2D eigenvalue weighted by Crippen LogP contribution is 2.45. The number of nitrogens with one attached hydrogen (secondary N) is 2. The van der Waals surface area contributed by atoms with Crippen molar-refractivity contribution in [1.29, 1.82) is 0 Å². The van der Waals surface area contributed by atoms with E-state index in [-0.39, 0.29) is 10.9 Å². The van der Waals surface area contributed by atoms with Crippen molar-refractivity contribution in [3.8, 4) is 5.75 Å². The molecule has 1 aromatic heterocycles. The summed E-state index contributed by atoms with van der Waals surface area (Å²) in [4.78, 5) is 26.6. The summed E-state index contributed by atoms with van der Waals surface area (Å²) in [6.45, 7) is 7.78. The first-order chi connectivity index (χ1) is 21.0. The van der Waals surface area contributed by atoms with Crippen molar-refractivity contribution < 1.29 is 18.7 Å². The van der Waals surface area contributed by atoms with E-state index >= 15 is 0 Å². The predicted octanol–water partition coefficient (Wildman–Crippen LogP) is 5.64. The molecule has 3 fully saturated rings. The topological polar surface area (TPSA) is 91.9 Å². The van der Waals surface area contributed by atoms with Crippen LogP contribution in [0.2, 0.25) is 5.02 Å². The summed E-state index contributed by atoms with van der Waals surface area (Å²) in [6, 6.07) is 8.00. The number of morpholine rings is 1. The molecule has 0 atom stereocenters. The van der Waals surface area contributed by atoms with Gasteiger partial charge in [0.1, 0.15) is 23.7 Å². The summed E-state index contributed by atoms with van der Waals surface area (Å²) >= 11 is 5.99. The van der Waals surface area contributed by atoms with E-state index < -0.39 is 5.82 Å². The molecule has 9 nitrogen and oxygen atoms in total. The molecule has 0 unspecified atom stereocenters. The third-order valence-corrected chi connectivity index (χ3v) is 8.86. The number of halogens is 2. The van der Waals surface area contributed by atoms with E-state index in [1.54, 1.807) is 12.1 Å². The molecule has 1 aliphatic carbocycles. The molecule has 1 spiro atoms. The number of hydrogen-bond acceptors (Lipinski definition) is 8. The Kier molecular flexibility index (Phi) is 9.37. The Morgan fingerprint density at radius 2 is 1.93 bits per heavy atom. The van der Waals surface area contributed by atoms with Gasteiger partial charge in [0.05, 0.1) is 36.0 Å². The molecule has 3 heterocycles. The summed E-state index contributed by atoms with van der Waals surface area (Å²) in [7, 11) is 0. The van der Waals surface area contributed by atoms with Crippen LogP contribution < -0.4 is 15.4 Å². The molecule has 3 aromatic rings. The van der Waals surface area contributed by atoms with E-state index in [2.05, 4.69) is 30.4 Å². The van der Waals surface area contributed by atoms with Gasteiger partial charge in [-0.1, -0.05) is 30.5 Å². The molecule has 0 bridgehead atoms. The first kappa shape index (κ1) is 29.7. The van der Waals surface area contributed by atoms with Crippen LogP contribution in [0.1, 0.15) is 32.1 Å². The lowest BCUT2D eigenvalue weighted by molar-refractivity contribution is -0.112. The second-order valence-corrected chi connectivity index (χ2v) is 12.2. The van der Waals surface area contributed by atoms with Crippen LogP contribution >= 0.6 is 11.6 Å². The van der Waals surface area contributed by atoms with Crippen LogP contribution in [0.15, 0.2) is 48.8 Å². The summed E-state index contributed by atoms with van der Waals surface area (Å²) in [6.07, 6.45) is 11.2. The highest BCUT2D eigenvalue weighted by atomic mass is 35.5. The number of amides is 1. The summed E-state index contributed by atoms with van der Waals surface area (Å²) < 4.78 is 25.4. The standard InChI is InChI=1S/C32H38ClFN6O3/c33-25-17-23(6-7-26(25)34)37-31-24-18-28(38-30(41)5-3-10-40-20-32(21-40)8-1-2-9-32)29(19-27(24)35-22-36-31)43-14-4-11-39-12-15-42-16-13-39/h3,5-7,17-19,22H,1-2,4,8-16,20-21H2,(H,38,41)(H,35,36,37)/b5-3+. The molecule has 43 heavy (non-hydrogen) atoms. The molecule has 2 aromatic carbocycles. The molecule has 3 aliphatic rings. The first-order valence-electron chi connectivity index (χ1n) is 15.1. The number of anilines is 3. The Balaban J connectivity index is 1.16. The van der Waals surface area contributed by atoms with Crippen molar-refractivity contribution in [2.24, 2.45) is 5.41 Å². The number of rotatable bonds is 11. The number of hydrogen-bond donors (Lipinski definition) is 2. The Labute approximate surface area is 256 Å². The fourth-order valence-electron chi connectivity index (χ4n) is 6.36. The molecule has 0 radical (unpaired) electrons. The Morgan fingerprint density at radius 3 is 2.72 bits per heavy atom. The van der Waals surface area contributed by atoms with Crippen molar-refractivity contribution in [1.82, 2.24) is 19.8 Å². The molecule has 2 saturated heterocycles. The summed E-state index contributed by atoms with van der Waals surface area (Å²) in [5.41, 5.74) is 2.27. The quantitative estimate of drug-likeness (QED) is 0.214. The Morgan fingerprint density at radius 1 is 1.12 bits per heavy atom. The molecular formula is C32H38ClFN6O3.